The molecule has 0 saturated carbocycles. The zero-order valence-corrected chi connectivity index (χ0v) is 15.6. The summed E-state index contributed by atoms with van der Waals surface area (Å²) in [6, 6.07) is 20.0. The largest absolute Gasteiger partial charge is 0.214 e. The minimum atomic E-state index is -1.78. The quantitative estimate of drug-likeness (QED) is 0.403. The predicted octanol–water partition coefficient (Wildman–Crippen LogP) is 4.97. The molecule has 0 aliphatic rings. The van der Waals surface area contributed by atoms with Crippen molar-refractivity contribution in [3.05, 3.63) is 60.7 Å². The van der Waals surface area contributed by atoms with Gasteiger partial charge in [0.15, 0.2) is 0 Å². The number of halogens is 2. The summed E-state index contributed by atoms with van der Waals surface area (Å²) in [7, 11) is 11.3. The summed E-state index contributed by atoms with van der Waals surface area (Å²) in [4.78, 5) is 0. The molecule has 0 aliphatic carbocycles. The fraction of sp³-hybridized carbons (Fsp3) is 0.167. The molecule has 0 unspecified atom stereocenters. The van der Waals surface area contributed by atoms with Crippen LogP contribution in [0, 0.1) is 0 Å². The molecule has 0 aliphatic heterocycles. The van der Waals surface area contributed by atoms with Gasteiger partial charge in [0.05, 0.1) is 0 Å². The molecule has 0 heterocycles. The minimum Gasteiger partial charge on any atom is -0.214 e. The van der Waals surface area contributed by atoms with Gasteiger partial charge in [0, 0.05) is 0 Å². The first-order valence-corrected chi connectivity index (χ1v) is 21.8. The maximum atomic E-state index is 5.64. The van der Waals surface area contributed by atoms with Gasteiger partial charge in [-0.05, 0) is 0 Å². The van der Waals surface area contributed by atoms with Crippen molar-refractivity contribution < 1.29 is 17.7 Å². The summed E-state index contributed by atoms with van der Waals surface area (Å²) in [6.07, 6.45) is 0. The van der Waals surface area contributed by atoms with Crippen LogP contribution in [0.5, 0.6) is 0 Å². The average molecular weight is 438 g/mol. The molecule has 2 aromatic carbocycles. The molecule has 0 bridgehead atoms. The van der Waals surface area contributed by atoms with Gasteiger partial charge in [0.2, 0.25) is 0 Å². The summed E-state index contributed by atoms with van der Waals surface area (Å²) < 4.78 is 0. The topological polar surface area (TPSA) is 0 Å². The van der Waals surface area contributed by atoms with Crippen molar-refractivity contribution in [2.24, 2.45) is 0 Å². The van der Waals surface area contributed by atoms with E-state index in [2.05, 4.69) is 13.1 Å². The standard InChI is InChI=1S/2C5H5.C2H6Si.2ClH.Hf/c2*1-2-4-5-3-1;1-3-2;;;/h2*1-5H;1-2H3;2*1H;/q2*-1;;;;+2/p-2. The summed E-state index contributed by atoms with van der Waals surface area (Å²) in [5.74, 6) is 0. The van der Waals surface area contributed by atoms with Crippen LogP contribution in [0.4, 0.5) is 0 Å². The average Bonchev–Trinajstić information content (AvgIpc) is 2.97. The molecule has 4 heteroatoms. The molecular formula is C12H16Cl2HfSi-2. The molecule has 2 aromatic rings. The first-order chi connectivity index (χ1) is 7.64. The first kappa shape index (κ1) is 16.4. The molecule has 0 nitrogen and oxygen atoms in total. The van der Waals surface area contributed by atoms with Crippen LogP contribution in [0.25, 0.3) is 0 Å². The van der Waals surface area contributed by atoms with Gasteiger partial charge in [-0.3, -0.25) is 0 Å². The van der Waals surface area contributed by atoms with Gasteiger partial charge in [-0.2, -0.15) is 36.4 Å². The van der Waals surface area contributed by atoms with Gasteiger partial charge >= 0.3 is 53.4 Å². The Kier molecular flexibility index (Phi) is 12.1. The molecule has 2 rings (SSSR count). The molecule has 0 N–H and O–H groups in total. The Hall–Kier alpha value is 0.367. The Bertz CT molecular complexity index is 274. The monoisotopic (exact) mass is 438 g/mol. The van der Waals surface area contributed by atoms with Gasteiger partial charge < -0.3 is 0 Å². The second kappa shape index (κ2) is 11.8. The number of hydrogen-bond acceptors (Lipinski definition) is 0. The maximum Gasteiger partial charge on any atom is -0.172 e. The minimum absolute atomic E-state index is 0.208. The second-order valence-corrected chi connectivity index (χ2v) is 34.9. The smallest absolute Gasteiger partial charge is 0.172 e. The molecule has 0 spiro atoms. The van der Waals surface area contributed by atoms with Crippen molar-refractivity contribution in [3.63, 3.8) is 0 Å². The van der Waals surface area contributed by atoms with Crippen molar-refractivity contribution in [3.8, 4) is 0 Å². The van der Waals surface area contributed by atoms with Crippen LogP contribution in [-0.2, 0) is 17.7 Å². The van der Waals surface area contributed by atoms with Gasteiger partial charge in [0.1, 0.15) is 0 Å². The van der Waals surface area contributed by atoms with E-state index in [9.17, 15) is 0 Å². The van der Waals surface area contributed by atoms with E-state index in [1.807, 2.05) is 60.7 Å². The van der Waals surface area contributed by atoms with E-state index in [-0.39, 0.29) is 5.49 Å². The van der Waals surface area contributed by atoms with Gasteiger partial charge in [-0.15, -0.1) is 0 Å². The normalized spacial score (nSPS) is 8.00. The van der Waals surface area contributed by atoms with Crippen molar-refractivity contribution in [1.29, 1.82) is 0 Å². The van der Waals surface area contributed by atoms with E-state index in [1.165, 1.54) is 0 Å². The van der Waals surface area contributed by atoms with Crippen molar-refractivity contribution in [2.45, 2.75) is 13.1 Å². The molecule has 0 aromatic heterocycles. The van der Waals surface area contributed by atoms with Gasteiger partial charge in [-0.1, -0.05) is 0 Å². The summed E-state index contributed by atoms with van der Waals surface area (Å²) in [6.45, 7) is 4.35. The van der Waals surface area contributed by atoms with Gasteiger partial charge in [0.25, 0.3) is 0 Å². The summed E-state index contributed by atoms with van der Waals surface area (Å²) in [5, 5.41) is 0. The Labute approximate surface area is 113 Å². The Morgan fingerprint density at radius 1 is 0.812 bits per heavy atom. The third kappa shape index (κ3) is 12.4. The molecule has 0 fully saturated rings. The van der Waals surface area contributed by atoms with E-state index < -0.39 is 17.7 Å². The Morgan fingerprint density at radius 2 is 1.06 bits per heavy atom. The fourth-order valence-electron chi connectivity index (χ4n) is 0.642. The maximum absolute atomic E-state index is 5.64. The molecule has 16 heavy (non-hydrogen) atoms. The SMILES string of the molecule is C[Si](C)=[Hf]([Cl])[Cl].c1cc[cH-]c1.c1cc[cH-]c1. The fourth-order valence-corrected chi connectivity index (χ4v) is 0.642. The summed E-state index contributed by atoms with van der Waals surface area (Å²) in [5.41, 5.74) is -0.208. The van der Waals surface area contributed by atoms with Crippen LogP contribution < -0.4 is 0 Å². The van der Waals surface area contributed by atoms with Crippen LogP contribution >= 0.6 is 17.2 Å². The number of rotatable bonds is 0. The molecular weight excluding hydrogens is 422 g/mol. The predicted molar refractivity (Wildman–Crippen MR) is 73.3 cm³/mol. The molecule has 0 radical (unpaired) electrons. The Balaban J connectivity index is 0.000000211. The third-order valence-electron chi connectivity index (χ3n) is 1.49. The molecule has 0 saturated heterocycles. The van der Waals surface area contributed by atoms with Crippen molar-refractivity contribution in [2.75, 3.05) is 0 Å². The second-order valence-electron chi connectivity index (χ2n) is 3.18. The van der Waals surface area contributed by atoms with E-state index >= 15 is 0 Å². The summed E-state index contributed by atoms with van der Waals surface area (Å²) >= 11 is -1.78. The third-order valence-corrected chi connectivity index (χ3v) is 29.0. The van der Waals surface area contributed by atoms with Crippen molar-refractivity contribution in [1.82, 2.24) is 0 Å². The van der Waals surface area contributed by atoms with E-state index in [0.29, 0.717) is 0 Å². The van der Waals surface area contributed by atoms with Crippen LogP contribution in [0.3, 0.4) is 0 Å². The van der Waals surface area contributed by atoms with E-state index in [0.717, 1.165) is 0 Å². The zero-order valence-electron chi connectivity index (χ0n) is 9.53. The molecule has 88 valence electrons. The zero-order chi connectivity index (χ0) is 12.2. The van der Waals surface area contributed by atoms with Crippen molar-refractivity contribution >= 4 is 22.6 Å². The molecule has 0 atom stereocenters. The van der Waals surface area contributed by atoms with Crippen LogP contribution in [0.15, 0.2) is 60.7 Å². The number of hydrogen-bond donors (Lipinski definition) is 0. The van der Waals surface area contributed by atoms with Crippen LogP contribution in [-0.4, -0.2) is 5.49 Å². The van der Waals surface area contributed by atoms with Crippen LogP contribution in [0.2, 0.25) is 13.1 Å². The van der Waals surface area contributed by atoms with Gasteiger partial charge in [-0.25, -0.2) is 24.3 Å². The van der Waals surface area contributed by atoms with Crippen LogP contribution in [0.1, 0.15) is 0 Å². The first-order valence-electron chi connectivity index (χ1n) is 4.96. The Morgan fingerprint density at radius 3 is 1.12 bits per heavy atom. The molecule has 0 amide bonds. The van der Waals surface area contributed by atoms with E-state index in [1.54, 1.807) is 0 Å². The van der Waals surface area contributed by atoms with E-state index in [4.69, 9.17) is 17.2 Å².